The van der Waals surface area contributed by atoms with Gasteiger partial charge >= 0.3 is 0 Å². The highest BCUT2D eigenvalue weighted by atomic mass is 16.2. The number of nitrogens with one attached hydrogen (secondary N) is 2. The summed E-state index contributed by atoms with van der Waals surface area (Å²) in [5.41, 5.74) is 2.37. The molecule has 30 heavy (non-hydrogen) atoms. The van der Waals surface area contributed by atoms with Crippen molar-refractivity contribution >= 4 is 11.9 Å². The first-order valence-electron chi connectivity index (χ1n) is 11.7. The van der Waals surface area contributed by atoms with E-state index in [1.807, 2.05) is 4.90 Å². The number of likely N-dealkylation sites (tertiary alicyclic amines) is 2. The number of carbonyl (C=O) groups is 1. The van der Waals surface area contributed by atoms with Crippen LogP contribution >= 0.6 is 0 Å². The van der Waals surface area contributed by atoms with E-state index in [9.17, 15) is 4.79 Å². The zero-order valence-corrected chi connectivity index (χ0v) is 19.0. The summed E-state index contributed by atoms with van der Waals surface area (Å²) >= 11 is 0. The summed E-state index contributed by atoms with van der Waals surface area (Å²) < 4.78 is 0. The van der Waals surface area contributed by atoms with Crippen LogP contribution in [0.5, 0.6) is 0 Å². The molecule has 2 aliphatic rings. The number of hydrogen-bond acceptors (Lipinski definition) is 3. The fourth-order valence-corrected chi connectivity index (χ4v) is 4.38. The van der Waals surface area contributed by atoms with Gasteiger partial charge in [-0.3, -0.25) is 4.79 Å². The summed E-state index contributed by atoms with van der Waals surface area (Å²) in [5, 5.41) is 7.03. The highest BCUT2D eigenvalue weighted by Gasteiger charge is 2.21. The van der Waals surface area contributed by atoms with Crippen LogP contribution < -0.4 is 10.6 Å². The maximum atomic E-state index is 11.9. The maximum absolute atomic E-state index is 11.9. The van der Waals surface area contributed by atoms with Gasteiger partial charge in [0.25, 0.3) is 0 Å². The lowest BCUT2D eigenvalue weighted by atomic mass is 10.0. The van der Waals surface area contributed by atoms with Crippen LogP contribution in [0.1, 0.15) is 57.6 Å². The van der Waals surface area contributed by atoms with Gasteiger partial charge in [0.15, 0.2) is 5.96 Å². The third-order valence-corrected chi connectivity index (χ3v) is 5.85. The minimum Gasteiger partial charge on any atom is -0.357 e. The van der Waals surface area contributed by atoms with Gasteiger partial charge in [0.05, 0.1) is 6.54 Å². The van der Waals surface area contributed by atoms with Gasteiger partial charge in [0.1, 0.15) is 0 Å². The van der Waals surface area contributed by atoms with Crippen LogP contribution in [-0.4, -0.2) is 60.4 Å². The topological polar surface area (TPSA) is 60.0 Å². The Morgan fingerprint density at radius 2 is 1.97 bits per heavy atom. The average Bonchev–Trinajstić information content (AvgIpc) is 3.12. The minimum absolute atomic E-state index is 0.275. The van der Waals surface area contributed by atoms with Crippen LogP contribution in [0.25, 0.3) is 0 Å². The van der Waals surface area contributed by atoms with Crippen molar-refractivity contribution < 1.29 is 4.79 Å². The van der Waals surface area contributed by atoms with Crippen molar-refractivity contribution in [1.82, 2.24) is 20.4 Å². The van der Waals surface area contributed by atoms with Crippen LogP contribution in [0.4, 0.5) is 0 Å². The fraction of sp³-hybridized carbons (Fsp3) is 0.667. The van der Waals surface area contributed by atoms with E-state index in [0.717, 1.165) is 57.3 Å². The summed E-state index contributed by atoms with van der Waals surface area (Å²) in [6.07, 6.45) is 4.00. The number of benzene rings is 1. The van der Waals surface area contributed by atoms with Gasteiger partial charge < -0.3 is 20.4 Å². The molecule has 6 heteroatoms. The third kappa shape index (κ3) is 7.01. The van der Waals surface area contributed by atoms with E-state index < -0.39 is 0 Å². The first-order valence-corrected chi connectivity index (χ1v) is 11.7. The van der Waals surface area contributed by atoms with Gasteiger partial charge in [0.2, 0.25) is 5.91 Å². The monoisotopic (exact) mass is 413 g/mol. The van der Waals surface area contributed by atoms with Crippen LogP contribution in [0.15, 0.2) is 29.3 Å². The second kappa shape index (κ2) is 11.3. The molecule has 2 aliphatic heterocycles. The molecule has 0 saturated carbocycles. The van der Waals surface area contributed by atoms with E-state index in [4.69, 9.17) is 4.99 Å². The number of guanidine groups is 1. The number of aliphatic imine (C=N–C) groups is 1. The molecule has 0 radical (unpaired) electrons. The van der Waals surface area contributed by atoms with Gasteiger partial charge in [0, 0.05) is 51.7 Å². The summed E-state index contributed by atoms with van der Waals surface area (Å²) in [4.78, 5) is 21.3. The smallest absolute Gasteiger partial charge is 0.222 e. The van der Waals surface area contributed by atoms with Crippen molar-refractivity contribution in [2.45, 2.75) is 65.6 Å². The second-order valence-corrected chi connectivity index (χ2v) is 9.05. The largest absolute Gasteiger partial charge is 0.357 e. The Kier molecular flexibility index (Phi) is 8.55. The van der Waals surface area contributed by atoms with Crippen molar-refractivity contribution in [1.29, 1.82) is 0 Å². The van der Waals surface area contributed by atoms with Crippen molar-refractivity contribution in [2.24, 2.45) is 10.9 Å². The van der Waals surface area contributed by atoms with Crippen LogP contribution in [-0.2, 0) is 17.9 Å². The van der Waals surface area contributed by atoms with Gasteiger partial charge in [-0.15, -0.1) is 0 Å². The third-order valence-electron chi connectivity index (χ3n) is 5.85. The Balaban J connectivity index is 1.53. The van der Waals surface area contributed by atoms with Crippen LogP contribution in [0.3, 0.4) is 0 Å². The van der Waals surface area contributed by atoms with Crippen LogP contribution in [0, 0.1) is 5.92 Å². The molecule has 6 nitrogen and oxygen atoms in total. The van der Waals surface area contributed by atoms with E-state index in [1.165, 1.54) is 17.7 Å². The minimum atomic E-state index is 0.275. The lowest BCUT2D eigenvalue weighted by Crippen LogP contribution is -2.49. The van der Waals surface area contributed by atoms with E-state index in [-0.39, 0.29) is 5.91 Å². The number of hydrogen-bond donors (Lipinski definition) is 2. The highest BCUT2D eigenvalue weighted by Crippen LogP contribution is 2.16. The van der Waals surface area contributed by atoms with Crippen molar-refractivity contribution in [3.63, 3.8) is 0 Å². The predicted octanol–water partition coefficient (Wildman–Crippen LogP) is 2.98. The Morgan fingerprint density at radius 1 is 1.20 bits per heavy atom. The lowest BCUT2D eigenvalue weighted by molar-refractivity contribution is -0.128. The standard InChI is InChI=1S/C24H39N5O/c1-4-25-24(27-22-10-13-28(14-11-22)17-19(2)3)26-16-20-7-5-8-21(15-20)18-29-12-6-9-23(29)30/h5,7-8,15,19,22H,4,6,9-14,16-18H2,1-3H3,(H2,25,26,27). The molecule has 1 aromatic carbocycles. The Hall–Kier alpha value is -2.08. The molecule has 3 rings (SSSR count). The van der Waals surface area contributed by atoms with E-state index >= 15 is 0 Å². The zero-order chi connectivity index (χ0) is 21.3. The Bertz CT molecular complexity index is 709. The first-order chi connectivity index (χ1) is 14.5. The molecule has 1 amide bonds. The summed E-state index contributed by atoms with van der Waals surface area (Å²) in [6.45, 7) is 13.3. The SMILES string of the molecule is CCNC(=NCc1cccc(CN2CCCC2=O)c1)NC1CCN(CC(C)C)CC1. The Morgan fingerprint density at radius 3 is 2.63 bits per heavy atom. The van der Waals surface area contributed by atoms with E-state index in [2.05, 4.69) is 60.6 Å². The molecule has 0 aliphatic carbocycles. The maximum Gasteiger partial charge on any atom is 0.222 e. The molecular weight excluding hydrogens is 374 g/mol. The summed E-state index contributed by atoms with van der Waals surface area (Å²) in [6, 6.07) is 8.97. The molecule has 0 spiro atoms. The summed E-state index contributed by atoms with van der Waals surface area (Å²) in [7, 11) is 0. The molecule has 166 valence electrons. The van der Waals surface area contributed by atoms with E-state index in [1.54, 1.807) is 0 Å². The average molecular weight is 414 g/mol. The fourth-order valence-electron chi connectivity index (χ4n) is 4.38. The normalized spacial score (nSPS) is 19.0. The number of carbonyl (C=O) groups excluding carboxylic acids is 1. The number of amides is 1. The molecule has 0 unspecified atom stereocenters. The zero-order valence-electron chi connectivity index (χ0n) is 19.0. The molecule has 0 bridgehead atoms. The lowest BCUT2D eigenvalue weighted by Gasteiger charge is -2.34. The molecule has 2 heterocycles. The quantitative estimate of drug-likeness (QED) is 0.508. The Labute approximate surface area is 182 Å². The van der Waals surface area contributed by atoms with Gasteiger partial charge in [-0.2, -0.15) is 0 Å². The number of piperidine rings is 1. The molecule has 0 aromatic heterocycles. The molecule has 2 N–H and O–H groups in total. The van der Waals surface area contributed by atoms with Gasteiger partial charge in [-0.25, -0.2) is 4.99 Å². The van der Waals surface area contributed by atoms with Crippen molar-refractivity contribution in [3.8, 4) is 0 Å². The highest BCUT2D eigenvalue weighted by molar-refractivity contribution is 5.80. The van der Waals surface area contributed by atoms with Gasteiger partial charge in [-0.1, -0.05) is 38.1 Å². The molecule has 2 fully saturated rings. The molecule has 0 atom stereocenters. The van der Waals surface area contributed by atoms with Gasteiger partial charge in [-0.05, 0) is 43.2 Å². The second-order valence-electron chi connectivity index (χ2n) is 9.05. The first kappa shape index (κ1) is 22.6. The number of nitrogens with zero attached hydrogens (tertiary/aromatic N) is 3. The van der Waals surface area contributed by atoms with E-state index in [0.29, 0.717) is 25.6 Å². The predicted molar refractivity (Wildman–Crippen MR) is 123 cm³/mol. The van der Waals surface area contributed by atoms with Crippen LogP contribution in [0.2, 0.25) is 0 Å². The van der Waals surface area contributed by atoms with Crippen molar-refractivity contribution in [3.05, 3.63) is 35.4 Å². The molecule has 2 saturated heterocycles. The number of rotatable bonds is 8. The van der Waals surface area contributed by atoms with Crippen molar-refractivity contribution in [2.75, 3.05) is 32.7 Å². The molecule has 1 aromatic rings. The molecular formula is C24H39N5O. The summed E-state index contributed by atoms with van der Waals surface area (Å²) in [5.74, 6) is 1.91.